The molecule has 2 nitrogen and oxygen atoms in total. The van der Waals surface area contributed by atoms with Crippen LogP contribution in [0.3, 0.4) is 0 Å². The van der Waals surface area contributed by atoms with E-state index in [1.54, 1.807) is 0 Å². The molecule has 0 bridgehead atoms. The van der Waals surface area contributed by atoms with Gasteiger partial charge in [-0.15, -0.1) is 0 Å². The van der Waals surface area contributed by atoms with E-state index >= 15 is 0 Å². The van der Waals surface area contributed by atoms with E-state index in [0.717, 1.165) is 44.6 Å². The summed E-state index contributed by atoms with van der Waals surface area (Å²) in [6, 6.07) is 76.6. The van der Waals surface area contributed by atoms with Crippen molar-refractivity contribution in [1.29, 1.82) is 0 Å². The van der Waals surface area contributed by atoms with Crippen molar-refractivity contribution in [1.82, 2.24) is 0 Å². The molecule has 56 heavy (non-hydrogen) atoms. The molecule has 10 aromatic carbocycles. The second-order valence-electron chi connectivity index (χ2n) is 14.5. The van der Waals surface area contributed by atoms with Crippen LogP contribution in [-0.4, -0.2) is 0 Å². The maximum atomic E-state index is 6.61. The molecule has 0 unspecified atom stereocenters. The normalized spacial score (nSPS) is 11.6. The van der Waals surface area contributed by atoms with Crippen LogP contribution in [0.15, 0.2) is 217 Å². The van der Waals surface area contributed by atoms with Gasteiger partial charge in [-0.2, -0.15) is 0 Å². The summed E-state index contributed by atoms with van der Waals surface area (Å²) < 4.78 is 6.61. The SMILES string of the molecule is c1ccc(-c2ccc(N(c3ccc4cc(-c5ccccc5)ccc4c3)c3ccc4oc5ccccc5c4c3-c3cc4ccccc4c4ccccc34)cc2)cc1. The smallest absolute Gasteiger partial charge is 0.136 e. The maximum absolute atomic E-state index is 6.61. The Morgan fingerprint density at radius 1 is 0.321 bits per heavy atom. The van der Waals surface area contributed by atoms with Crippen LogP contribution in [0.25, 0.3) is 87.6 Å². The summed E-state index contributed by atoms with van der Waals surface area (Å²) in [7, 11) is 0. The minimum absolute atomic E-state index is 0.869. The number of furan rings is 1. The summed E-state index contributed by atoms with van der Waals surface area (Å²) in [5.74, 6) is 0. The predicted molar refractivity (Wildman–Crippen MR) is 237 cm³/mol. The summed E-state index contributed by atoms with van der Waals surface area (Å²) in [5, 5.41) is 9.48. The molecular formula is C54H35NO. The number of hydrogen-bond acceptors (Lipinski definition) is 2. The molecule has 0 fully saturated rings. The molecule has 0 amide bonds. The molecule has 0 spiro atoms. The Balaban J connectivity index is 1.21. The Morgan fingerprint density at radius 2 is 0.893 bits per heavy atom. The second-order valence-corrected chi connectivity index (χ2v) is 14.5. The lowest BCUT2D eigenvalue weighted by Crippen LogP contribution is -2.11. The molecule has 0 saturated heterocycles. The highest BCUT2D eigenvalue weighted by Crippen LogP contribution is 2.50. The van der Waals surface area contributed by atoms with Crippen LogP contribution in [0, 0.1) is 0 Å². The second kappa shape index (κ2) is 13.2. The largest absolute Gasteiger partial charge is 0.456 e. The van der Waals surface area contributed by atoms with E-state index in [1.165, 1.54) is 60.1 Å². The lowest BCUT2D eigenvalue weighted by molar-refractivity contribution is 0.669. The molecule has 0 atom stereocenters. The van der Waals surface area contributed by atoms with Crippen LogP contribution in [0.5, 0.6) is 0 Å². The standard InChI is InChI=1S/C54H35NO/c1-3-13-36(14-4-1)38-25-28-43(29-26-38)55(44-30-27-40-33-39(23-24-41(40)34-44)37-15-5-2-6-16-37)50-31-32-52-54(48-21-11-12-22-51(48)56-52)53(50)49-35-42-17-7-8-18-45(42)46-19-9-10-20-47(46)49/h1-35H. The van der Waals surface area contributed by atoms with Gasteiger partial charge in [-0.05, 0) is 115 Å². The van der Waals surface area contributed by atoms with E-state index in [-0.39, 0.29) is 0 Å². The minimum atomic E-state index is 0.869. The number of nitrogens with zero attached hydrogens (tertiary/aromatic N) is 1. The third-order valence-electron chi connectivity index (χ3n) is 11.2. The summed E-state index contributed by atoms with van der Waals surface area (Å²) >= 11 is 0. The lowest BCUT2D eigenvalue weighted by Gasteiger charge is -2.29. The van der Waals surface area contributed by atoms with E-state index in [4.69, 9.17) is 4.42 Å². The third kappa shape index (κ3) is 5.34. The van der Waals surface area contributed by atoms with Crippen LogP contribution in [0.2, 0.25) is 0 Å². The molecular weight excluding hydrogens is 679 g/mol. The van der Waals surface area contributed by atoms with Gasteiger partial charge in [-0.3, -0.25) is 0 Å². The molecule has 0 N–H and O–H groups in total. The first-order valence-electron chi connectivity index (χ1n) is 19.2. The molecule has 1 heterocycles. The van der Waals surface area contributed by atoms with Gasteiger partial charge in [0.05, 0.1) is 5.69 Å². The van der Waals surface area contributed by atoms with E-state index in [2.05, 4.69) is 217 Å². The first kappa shape index (κ1) is 32.0. The molecule has 0 aliphatic rings. The first-order chi connectivity index (χ1) is 27.8. The number of para-hydroxylation sites is 1. The Kier molecular flexibility index (Phi) is 7.53. The van der Waals surface area contributed by atoms with Gasteiger partial charge in [-0.25, -0.2) is 0 Å². The highest BCUT2D eigenvalue weighted by atomic mass is 16.3. The monoisotopic (exact) mass is 713 g/mol. The molecule has 1 aromatic heterocycles. The van der Waals surface area contributed by atoms with Gasteiger partial charge in [0, 0.05) is 27.7 Å². The van der Waals surface area contributed by atoms with Crippen LogP contribution < -0.4 is 4.90 Å². The zero-order valence-corrected chi connectivity index (χ0v) is 30.6. The summed E-state index contributed by atoms with van der Waals surface area (Å²) in [5.41, 5.74) is 12.1. The molecule has 0 saturated carbocycles. The van der Waals surface area contributed by atoms with Gasteiger partial charge >= 0.3 is 0 Å². The van der Waals surface area contributed by atoms with Crippen LogP contribution in [0.4, 0.5) is 17.1 Å². The molecule has 0 aliphatic heterocycles. The number of fused-ring (bicyclic) bond motifs is 7. The van der Waals surface area contributed by atoms with Crippen LogP contribution >= 0.6 is 0 Å². The summed E-state index contributed by atoms with van der Waals surface area (Å²) in [4.78, 5) is 2.43. The topological polar surface area (TPSA) is 16.4 Å². The number of benzene rings is 10. The van der Waals surface area contributed by atoms with Crippen molar-refractivity contribution in [3.05, 3.63) is 212 Å². The van der Waals surface area contributed by atoms with Gasteiger partial charge in [0.2, 0.25) is 0 Å². The zero-order chi connectivity index (χ0) is 37.0. The average molecular weight is 714 g/mol. The Hall–Kier alpha value is -7.42. The highest BCUT2D eigenvalue weighted by Gasteiger charge is 2.24. The van der Waals surface area contributed by atoms with E-state index in [9.17, 15) is 0 Å². The van der Waals surface area contributed by atoms with E-state index < -0.39 is 0 Å². The first-order valence-corrected chi connectivity index (χ1v) is 19.2. The van der Waals surface area contributed by atoms with Crippen LogP contribution in [-0.2, 0) is 0 Å². The zero-order valence-electron chi connectivity index (χ0n) is 30.6. The van der Waals surface area contributed by atoms with Crippen molar-refractivity contribution in [2.24, 2.45) is 0 Å². The van der Waals surface area contributed by atoms with Crippen molar-refractivity contribution < 1.29 is 4.42 Å². The fourth-order valence-electron chi connectivity index (χ4n) is 8.57. The van der Waals surface area contributed by atoms with Crippen molar-refractivity contribution in [2.75, 3.05) is 4.90 Å². The van der Waals surface area contributed by atoms with Crippen molar-refractivity contribution in [3.8, 4) is 33.4 Å². The van der Waals surface area contributed by atoms with E-state index in [0.29, 0.717) is 0 Å². The highest BCUT2D eigenvalue weighted by molar-refractivity contribution is 6.22. The van der Waals surface area contributed by atoms with Crippen molar-refractivity contribution >= 4 is 71.3 Å². The quantitative estimate of drug-likeness (QED) is 0.160. The molecule has 0 radical (unpaired) electrons. The molecule has 11 aromatic rings. The fourth-order valence-corrected chi connectivity index (χ4v) is 8.57. The van der Waals surface area contributed by atoms with Gasteiger partial charge in [-0.1, -0.05) is 158 Å². The molecule has 0 aliphatic carbocycles. The third-order valence-corrected chi connectivity index (χ3v) is 11.2. The Bertz CT molecular complexity index is 3230. The number of anilines is 3. The Labute approximate surface area is 325 Å². The lowest BCUT2D eigenvalue weighted by atomic mass is 9.89. The number of rotatable bonds is 6. The van der Waals surface area contributed by atoms with Crippen molar-refractivity contribution in [2.45, 2.75) is 0 Å². The van der Waals surface area contributed by atoms with Gasteiger partial charge in [0.1, 0.15) is 11.2 Å². The summed E-state index contributed by atoms with van der Waals surface area (Å²) in [6.07, 6.45) is 0. The van der Waals surface area contributed by atoms with Gasteiger partial charge < -0.3 is 9.32 Å². The van der Waals surface area contributed by atoms with E-state index in [1.807, 2.05) is 0 Å². The van der Waals surface area contributed by atoms with Crippen LogP contribution in [0.1, 0.15) is 0 Å². The van der Waals surface area contributed by atoms with Gasteiger partial charge in [0.25, 0.3) is 0 Å². The predicted octanol–water partition coefficient (Wildman–Crippen LogP) is 15.5. The Morgan fingerprint density at radius 3 is 1.68 bits per heavy atom. The van der Waals surface area contributed by atoms with Gasteiger partial charge in [0.15, 0.2) is 0 Å². The fraction of sp³-hybridized carbons (Fsp3) is 0. The molecule has 262 valence electrons. The maximum Gasteiger partial charge on any atom is 0.136 e. The minimum Gasteiger partial charge on any atom is -0.456 e. The molecule has 2 heteroatoms. The van der Waals surface area contributed by atoms with Crippen molar-refractivity contribution in [3.63, 3.8) is 0 Å². The average Bonchev–Trinajstić information content (AvgIpc) is 3.66. The molecule has 11 rings (SSSR count). The number of hydrogen-bond donors (Lipinski definition) is 0. The summed E-state index contributed by atoms with van der Waals surface area (Å²) in [6.45, 7) is 0.